The Balaban J connectivity index is 2.86. The van der Waals surface area contributed by atoms with Gasteiger partial charge in [-0.1, -0.05) is 13.8 Å². The molecule has 0 spiro atoms. The Kier molecular flexibility index (Phi) is 1.87. The fourth-order valence-electron chi connectivity index (χ4n) is 1.57. The summed E-state index contributed by atoms with van der Waals surface area (Å²) in [6, 6.07) is 0. The molecular weight excluding hydrogens is 178 g/mol. The molecule has 5 heteroatoms. The third-order valence-electron chi connectivity index (χ3n) is 2.27. The van der Waals surface area contributed by atoms with E-state index in [9.17, 15) is 0 Å². The molecule has 2 heterocycles. The Morgan fingerprint density at radius 2 is 2.14 bits per heavy atom. The van der Waals surface area contributed by atoms with Crippen molar-refractivity contribution < 1.29 is 0 Å². The standard InChI is InChI=1S/C9H13N5/c1-5(2)8-7-6(14(3)13-8)4-11-12-9(7)10/h4-5H,1-3H3,(H2,10,12). The van der Waals surface area contributed by atoms with Crippen LogP contribution in [0.4, 0.5) is 5.82 Å². The van der Waals surface area contributed by atoms with Gasteiger partial charge in [-0.2, -0.15) is 10.2 Å². The lowest BCUT2D eigenvalue weighted by atomic mass is 10.1. The molecule has 0 saturated carbocycles. The molecule has 74 valence electrons. The third-order valence-corrected chi connectivity index (χ3v) is 2.27. The molecule has 0 aromatic carbocycles. The number of rotatable bonds is 1. The molecule has 2 N–H and O–H groups in total. The largest absolute Gasteiger partial charge is 0.382 e. The van der Waals surface area contributed by atoms with Crippen molar-refractivity contribution in [1.82, 2.24) is 20.0 Å². The van der Waals surface area contributed by atoms with E-state index < -0.39 is 0 Å². The molecule has 0 aliphatic rings. The minimum absolute atomic E-state index is 0.338. The van der Waals surface area contributed by atoms with Gasteiger partial charge in [-0.15, -0.1) is 5.10 Å². The number of aryl methyl sites for hydroxylation is 1. The number of fused-ring (bicyclic) bond motifs is 1. The fraction of sp³-hybridized carbons (Fsp3) is 0.444. The van der Waals surface area contributed by atoms with Gasteiger partial charge in [-0.25, -0.2) is 0 Å². The van der Waals surface area contributed by atoms with Crippen molar-refractivity contribution in [3.8, 4) is 0 Å². The molecule has 5 nitrogen and oxygen atoms in total. The molecule has 0 bridgehead atoms. The summed E-state index contributed by atoms with van der Waals surface area (Å²) >= 11 is 0. The van der Waals surface area contributed by atoms with Crippen molar-refractivity contribution in [3.05, 3.63) is 11.9 Å². The topological polar surface area (TPSA) is 69.6 Å². The van der Waals surface area contributed by atoms with Crippen molar-refractivity contribution in [3.63, 3.8) is 0 Å². The maximum absolute atomic E-state index is 5.78. The van der Waals surface area contributed by atoms with Crippen LogP contribution >= 0.6 is 0 Å². The first-order valence-corrected chi connectivity index (χ1v) is 4.55. The van der Waals surface area contributed by atoms with Crippen molar-refractivity contribution in [1.29, 1.82) is 0 Å². The van der Waals surface area contributed by atoms with Crippen LogP contribution in [-0.2, 0) is 7.05 Å². The second-order valence-electron chi connectivity index (χ2n) is 3.65. The first kappa shape index (κ1) is 8.93. The molecule has 0 aliphatic heterocycles. The Hall–Kier alpha value is -1.65. The number of nitrogens with zero attached hydrogens (tertiary/aromatic N) is 4. The number of hydrogen-bond acceptors (Lipinski definition) is 4. The summed E-state index contributed by atoms with van der Waals surface area (Å²) in [5, 5.41) is 13.0. The number of nitrogens with two attached hydrogens (primary N) is 1. The average molecular weight is 191 g/mol. The molecule has 0 amide bonds. The van der Waals surface area contributed by atoms with Gasteiger partial charge in [0.15, 0.2) is 5.82 Å². The minimum atomic E-state index is 0.338. The van der Waals surface area contributed by atoms with E-state index in [4.69, 9.17) is 5.73 Å². The molecule has 2 aromatic rings. The first-order valence-electron chi connectivity index (χ1n) is 4.55. The van der Waals surface area contributed by atoms with Crippen LogP contribution in [0.3, 0.4) is 0 Å². The maximum atomic E-state index is 5.78. The Morgan fingerprint density at radius 1 is 1.43 bits per heavy atom. The van der Waals surface area contributed by atoms with E-state index in [1.807, 2.05) is 7.05 Å². The van der Waals surface area contributed by atoms with Gasteiger partial charge in [0.2, 0.25) is 0 Å². The van der Waals surface area contributed by atoms with Gasteiger partial charge in [0.05, 0.1) is 22.8 Å². The van der Waals surface area contributed by atoms with Crippen LogP contribution in [0.25, 0.3) is 10.9 Å². The molecule has 2 aromatic heterocycles. The molecule has 0 atom stereocenters. The number of nitrogen functional groups attached to an aromatic ring is 1. The summed E-state index contributed by atoms with van der Waals surface area (Å²) in [6.45, 7) is 4.17. The highest BCUT2D eigenvalue weighted by molar-refractivity contribution is 5.90. The van der Waals surface area contributed by atoms with Crippen molar-refractivity contribution >= 4 is 16.7 Å². The summed E-state index contributed by atoms with van der Waals surface area (Å²) in [6.07, 6.45) is 1.69. The zero-order valence-electron chi connectivity index (χ0n) is 8.52. The van der Waals surface area contributed by atoms with Crippen LogP contribution < -0.4 is 5.73 Å². The minimum Gasteiger partial charge on any atom is -0.382 e. The fourth-order valence-corrected chi connectivity index (χ4v) is 1.57. The van der Waals surface area contributed by atoms with E-state index in [1.54, 1.807) is 10.9 Å². The van der Waals surface area contributed by atoms with E-state index in [2.05, 4.69) is 29.1 Å². The van der Waals surface area contributed by atoms with Gasteiger partial charge in [-0.05, 0) is 5.92 Å². The molecule has 0 radical (unpaired) electrons. The molecule has 0 fully saturated rings. The van der Waals surface area contributed by atoms with Gasteiger partial charge in [0, 0.05) is 7.05 Å². The highest BCUT2D eigenvalue weighted by Crippen LogP contribution is 2.26. The summed E-state index contributed by atoms with van der Waals surface area (Å²) < 4.78 is 1.79. The molecule has 0 unspecified atom stereocenters. The smallest absolute Gasteiger partial charge is 0.157 e. The third kappa shape index (κ3) is 1.13. The molecule has 14 heavy (non-hydrogen) atoms. The van der Waals surface area contributed by atoms with E-state index in [0.29, 0.717) is 11.7 Å². The molecular formula is C9H13N5. The van der Waals surface area contributed by atoms with Crippen molar-refractivity contribution in [2.75, 3.05) is 5.73 Å². The second-order valence-corrected chi connectivity index (χ2v) is 3.65. The Bertz CT molecular complexity index is 471. The summed E-state index contributed by atoms with van der Waals surface area (Å²) in [4.78, 5) is 0. The van der Waals surface area contributed by atoms with E-state index in [0.717, 1.165) is 16.6 Å². The lowest BCUT2D eigenvalue weighted by Gasteiger charge is -2.00. The van der Waals surface area contributed by atoms with E-state index >= 15 is 0 Å². The first-order chi connectivity index (χ1) is 6.61. The summed E-state index contributed by atoms with van der Waals surface area (Å²) in [7, 11) is 1.88. The average Bonchev–Trinajstić information content (AvgIpc) is 2.46. The number of anilines is 1. The van der Waals surface area contributed by atoms with Crippen LogP contribution in [0.2, 0.25) is 0 Å². The van der Waals surface area contributed by atoms with Gasteiger partial charge >= 0.3 is 0 Å². The second kappa shape index (κ2) is 2.94. The van der Waals surface area contributed by atoms with Crippen molar-refractivity contribution in [2.24, 2.45) is 7.05 Å². The Morgan fingerprint density at radius 3 is 2.79 bits per heavy atom. The molecule has 0 saturated heterocycles. The summed E-state index contributed by atoms with van der Waals surface area (Å²) in [5.41, 5.74) is 7.69. The highest BCUT2D eigenvalue weighted by atomic mass is 15.3. The lowest BCUT2D eigenvalue weighted by Crippen LogP contribution is -1.96. The SMILES string of the molecule is CC(C)c1nn(C)c2cnnc(N)c12. The van der Waals surface area contributed by atoms with Crippen LogP contribution in [0, 0.1) is 0 Å². The lowest BCUT2D eigenvalue weighted by molar-refractivity contribution is 0.728. The summed E-state index contributed by atoms with van der Waals surface area (Å²) in [5.74, 6) is 0.796. The van der Waals surface area contributed by atoms with Crippen LogP contribution in [0.15, 0.2) is 6.20 Å². The van der Waals surface area contributed by atoms with Gasteiger partial charge in [0.1, 0.15) is 0 Å². The van der Waals surface area contributed by atoms with Gasteiger partial charge in [-0.3, -0.25) is 4.68 Å². The van der Waals surface area contributed by atoms with Crippen molar-refractivity contribution in [2.45, 2.75) is 19.8 Å². The number of aromatic nitrogens is 4. The molecule has 0 aliphatic carbocycles. The van der Waals surface area contributed by atoms with E-state index in [-0.39, 0.29) is 0 Å². The molecule has 2 rings (SSSR count). The quantitative estimate of drug-likeness (QED) is 0.732. The van der Waals surface area contributed by atoms with Crippen LogP contribution in [-0.4, -0.2) is 20.0 Å². The van der Waals surface area contributed by atoms with Crippen LogP contribution in [0.5, 0.6) is 0 Å². The van der Waals surface area contributed by atoms with Gasteiger partial charge < -0.3 is 5.73 Å². The zero-order chi connectivity index (χ0) is 10.3. The maximum Gasteiger partial charge on any atom is 0.157 e. The van der Waals surface area contributed by atoms with Crippen LogP contribution in [0.1, 0.15) is 25.5 Å². The normalized spacial score (nSPS) is 11.4. The van der Waals surface area contributed by atoms with Gasteiger partial charge in [0.25, 0.3) is 0 Å². The highest BCUT2D eigenvalue weighted by Gasteiger charge is 2.14. The predicted octanol–water partition coefficient (Wildman–Crippen LogP) is 1.07. The Labute approximate surface area is 81.9 Å². The zero-order valence-corrected chi connectivity index (χ0v) is 8.52. The number of hydrogen-bond donors (Lipinski definition) is 1. The predicted molar refractivity (Wildman–Crippen MR) is 54.8 cm³/mol. The van der Waals surface area contributed by atoms with E-state index in [1.165, 1.54) is 0 Å². The monoisotopic (exact) mass is 191 g/mol.